The van der Waals surface area contributed by atoms with Gasteiger partial charge < -0.3 is 15.2 Å². The number of hydrogen-bond acceptors (Lipinski definition) is 4. The van der Waals surface area contributed by atoms with E-state index in [-0.39, 0.29) is 0 Å². The molecule has 0 aromatic heterocycles. The molecular formula is C11H16N2O2. The van der Waals surface area contributed by atoms with E-state index in [0.717, 1.165) is 5.56 Å². The van der Waals surface area contributed by atoms with E-state index in [0.29, 0.717) is 24.6 Å². The molecule has 0 amide bonds. The van der Waals surface area contributed by atoms with Gasteiger partial charge in [-0.2, -0.15) is 0 Å². The van der Waals surface area contributed by atoms with Crippen LogP contribution in [-0.4, -0.2) is 33.5 Å². The Morgan fingerprint density at radius 1 is 1.27 bits per heavy atom. The summed E-state index contributed by atoms with van der Waals surface area (Å²) in [5, 5.41) is 0. The minimum Gasteiger partial charge on any atom is -0.493 e. The van der Waals surface area contributed by atoms with Crippen molar-refractivity contribution in [2.75, 3.05) is 27.3 Å². The van der Waals surface area contributed by atoms with Crippen molar-refractivity contribution in [3.63, 3.8) is 0 Å². The lowest BCUT2D eigenvalue weighted by Gasteiger charge is -2.07. The molecule has 4 nitrogen and oxygen atoms in total. The van der Waals surface area contributed by atoms with Gasteiger partial charge in [0.05, 0.1) is 20.8 Å². The molecule has 1 aromatic rings. The second-order valence-electron chi connectivity index (χ2n) is 2.94. The number of nitrogens with two attached hydrogens (primary N) is 1. The average molecular weight is 208 g/mol. The Bertz CT molecular complexity index is 337. The lowest BCUT2D eigenvalue weighted by atomic mass is 10.2. The highest BCUT2D eigenvalue weighted by atomic mass is 16.5. The molecule has 0 aliphatic carbocycles. The molecule has 0 aliphatic rings. The van der Waals surface area contributed by atoms with E-state index in [1.54, 1.807) is 20.4 Å². The largest absolute Gasteiger partial charge is 0.493 e. The van der Waals surface area contributed by atoms with Gasteiger partial charge >= 0.3 is 0 Å². The maximum Gasteiger partial charge on any atom is 0.161 e. The Kier molecular flexibility index (Phi) is 4.63. The molecule has 0 radical (unpaired) electrons. The van der Waals surface area contributed by atoms with Crippen molar-refractivity contribution in [3.8, 4) is 11.5 Å². The SMILES string of the molecule is COc1ccc(C=NCCN)cc1OC. The number of benzene rings is 1. The Labute approximate surface area is 89.7 Å². The van der Waals surface area contributed by atoms with Crippen LogP contribution in [0.5, 0.6) is 11.5 Å². The Morgan fingerprint density at radius 3 is 2.60 bits per heavy atom. The minimum atomic E-state index is 0.559. The first-order valence-corrected chi connectivity index (χ1v) is 4.73. The van der Waals surface area contributed by atoms with Gasteiger partial charge in [0.25, 0.3) is 0 Å². The van der Waals surface area contributed by atoms with Crippen LogP contribution in [0.2, 0.25) is 0 Å². The van der Waals surface area contributed by atoms with E-state index in [9.17, 15) is 0 Å². The fraction of sp³-hybridized carbons (Fsp3) is 0.364. The summed E-state index contributed by atoms with van der Waals surface area (Å²) in [5.41, 5.74) is 6.31. The zero-order valence-corrected chi connectivity index (χ0v) is 9.06. The highest BCUT2D eigenvalue weighted by Gasteiger charge is 2.02. The standard InChI is InChI=1S/C11H16N2O2/c1-14-10-4-3-9(7-11(10)15-2)8-13-6-5-12/h3-4,7-8H,5-6,12H2,1-2H3. The summed E-state index contributed by atoms with van der Waals surface area (Å²) in [5.74, 6) is 1.42. The fourth-order valence-electron chi connectivity index (χ4n) is 1.18. The Hall–Kier alpha value is -1.55. The van der Waals surface area contributed by atoms with Crippen molar-refractivity contribution in [2.45, 2.75) is 0 Å². The fourth-order valence-corrected chi connectivity index (χ4v) is 1.18. The summed E-state index contributed by atoms with van der Waals surface area (Å²) in [6.07, 6.45) is 1.77. The molecule has 0 saturated carbocycles. The number of nitrogens with zero attached hydrogens (tertiary/aromatic N) is 1. The lowest BCUT2D eigenvalue weighted by Crippen LogP contribution is -2.02. The summed E-state index contributed by atoms with van der Waals surface area (Å²) in [6, 6.07) is 5.64. The maximum absolute atomic E-state index is 5.34. The van der Waals surface area contributed by atoms with Gasteiger partial charge in [-0.25, -0.2) is 0 Å². The summed E-state index contributed by atoms with van der Waals surface area (Å²) in [4.78, 5) is 4.14. The van der Waals surface area contributed by atoms with E-state index >= 15 is 0 Å². The Morgan fingerprint density at radius 2 is 2.00 bits per heavy atom. The zero-order chi connectivity index (χ0) is 11.1. The molecular weight excluding hydrogens is 192 g/mol. The van der Waals surface area contributed by atoms with Crippen LogP contribution in [0.4, 0.5) is 0 Å². The Balaban J connectivity index is 2.83. The number of methoxy groups -OCH3 is 2. The van der Waals surface area contributed by atoms with Crippen molar-refractivity contribution < 1.29 is 9.47 Å². The van der Waals surface area contributed by atoms with Crippen LogP contribution in [0.25, 0.3) is 0 Å². The number of aliphatic imine (C=N–C) groups is 1. The highest BCUT2D eigenvalue weighted by molar-refractivity contribution is 5.80. The van der Waals surface area contributed by atoms with Gasteiger partial charge in [0.15, 0.2) is 11.5 Å². The first-order valence-electron chi connectivity index (χ1n) is 4.73. The topological polar surface area (TPSA) is 56.8 Å². The molecule has 2 N–H and O–H groups in total. The molecule has 0 aliphatic heterocycles. The predicted molar refractivity (Wildman–Crippen MR) is 61.1 cm³/mol. The average Bonchev–Trinajstić information content (AvgIpc) is 2.29. The van der Waals surface area contributed by atoms with Gasteiger partial charge in [0.2, 0.25) is 0 Å². The molecule has 0 fully saturated rings. The van der Waals surface area contributed by atoms with Crippen molar-refractivity contribution in [3.05, 3.63) is 23.8 Å². The van der Waals surface area contributed by atoms with Gasteiger partial charge in [-0.05, 0) is 23.8 Å². The summed E-state index contributed by atoms with van der Waals surface area (Å²) >= 11 is 0. The van der Waals surface area contributed by atoms with Crippen molar-refractivity contribution in [1.29, 1.82) is 0 Å². The summed E-state index contributed by atoms with van der Waals surface area (Å²) < 4.78 is 10.3. The minimum absolute atomic E-state index is 0.559. The second-order valence-corrected chi connectivity index (χ2v) is 2.94. The van der Waals surface area contributed by atoms with E-state index in [1.807, 2.05) is 18.2 Å². The van der Waals surface area contributed by atoms with E-state index in [4.69, 9.17) is 15.2 Å². The van der Waals surface area contributed by atoms with Crippen LogP contribution < -0.4 is 15.2 Å². The molecule has 4 heteroatoms. The molecule has 1 aromatic carbocycles. The highest BCUT2D eigenvalue weighted by Crippen LogP contribution is 2.26. The van der Waals surface area contributed by atoms with Gasteiger partial charge in [-0.1, -0.05) is 0 Å². The third kappa shape index (κ3) is 3.25. The van der Waals surface area contributed by atoms with Crippen LogP contribution in [-0.2, 0) is 0 Å². The molecule has 0 heterocycles. The van der Waals surface area contributed by atoms with Crippen molar-refractivity contribution in [1.82, 2.24) is 0 Å². The lowest BCUT2D eigenvalue weighted by molar-refractivity contribution is 0.355. The van der Waals surface area contributed by atoms with Gasteiger partial charge in [0.1, 0.15) is 0 Å². The molecule has 0 bridgehead atoms. The van der Waals surface area contributed by atoms with E-state index in [2.05, 4.69) is 4.99 Å². The van der Waals surface area contributed by atoms with Gasteiger partial charge in [-0.3, -0.25) is 4.99 Å². The van der Waals surface area contributed by atoms with Crippen LogP contribution in [0.15, 0.2) is 23.2 Å². The number of ether oxygens (including phenoxy) is 2. The van der Waals surface area contributed by atoms with E-state index in [1.165, 1.54) is 0 Å². The number of rotatable bonds is 5. The molecule has 0 unspecified atom stereocenters. The van der Waals surface area contributed by atoms with Crippen LogP contribution in [0.3, 0.4) is 0 Å². The second kappa shape index (κ2) is 6.03. The molecule has 0 spiro atoms. The van der Waals surface area contributed by atoms with E-state index < -0.39 is 0 Å². The smallest absolute Gasteiger partial charge is 0.161 e. The molecule has 0 saturated heterocycles. The van der Waals surface area contributed by atoms with Gasteiger partial charge in [-0.15, -0.1) is 0 Å². The van der Waals surface area contributed by atoms with Crippen molar-refractivity contribution in [2.24, 2.45) is 10.7 Å². The zero-order valence-electron chi connectivity index (χ0n) is 9.06. The third-order valence-electron chi connectivity index (χ3n) is 1.91. The molecule has 0 atom stereocenters. The first kappa shape index (κ1) is 11.5. The van der Waals surface area contributed by atoms with Gasteiger partial charge in [0, 0.05) is 12.8 Å². The molecule has 15 heavy (non-hydrogen) atoms. The predicted octanol–water partition coefficient (Wildman–Crippen LogP) is 1.08. The normalized spacial score (nSPS) is 10.6. The first-order chi connectivity index (χ1) is 7.31. The van der Waals surface area contributed by atoms with Crippen LogP contribution in [0, 0.1) is 0 Å². The van der Waals surface area contributed by atoms with Crippen LogP contribution >= 0.6 is 0 Å². The third-order valence-corrected chi connectivity index (χ3v) is 1.91. The van der Waals surface area contributed by atoms with Crippen molar-refractivity contribution >= 4 is 6.21 Å². The monoisotopic (exact) mass is 208 g/mol. The molecule has 1 rings (SSSR count). The maximum atomic E-state index is 5.34. The molecule has 82 valence electrons. The quantitative estimate of drug-likeness (QED) is 0.737. The number of hydrogen-bond donors (Lipinski definition) is 1. The summed E-state index contributed by atoms with van der Waals surface area (Å²) in [7, 11) is 3.22. The van der Waals surface area contributed by atoms with Crippen LogP contribution in [0.1, 0.15) is 5.56 Å². The summed E-state index contributed by atoms with van der Waals surface area (Å²) in [6.45, 7) is 1.19.